The molecule has 39 heavy (non-hydrogen) atoms. The molecule has 2 saturated heterocycles. The Bertz CT molecular complexity index is 1330. The molecule has 2 amide bonds. The zero-order chi connectivity index (χ0) is 26.9. The van der Waals surface area contributed by atoms with Gasteiger partial charge in [0.05, 0.1) is 12.1 Å². The van der Waals surface area contributed by atoms with Crippen LogP contribution in [0.25, 0.3) is 11.1 Å². The SMILES string of the molecule is Cc1ccc(C(=O)N2CCC(c3ccc(-c4cnn(C)c4)cc3)CC2)cc1NC(=O)C1CCN(C2CCC2)C1. The number of hydrogen-bond acceptors (Lipinski definition) is 4. The summed E-state index contributed by atoms with van der Waals surface area (Å²) in [6, 6.07) is 15.2. The second-order valence-corrected chi connectivity index (χ2v) is 11.7. The average molecular weight is 526 g/mol. The molecule has 3 fully saturated rings. The van der Waals surface area contributed by atoms with Gasteiger partial charge in [0.1, 0.15) is 0 Å². The topological polar surface area (TPSA) is 70.5 Å². The van der Waals surface area contributed by atoms with Crippen molar-refractivity contribution in [3.05, 3.63) is 71.5 Å². The minimum absolute atomic E-state index is 0.0295. The van der Waals surface area contributed by atoms with E-state index in [-0.39, 0.29) is 17.7 Å². The standard InChI is InChI=1S/C32H39N5O2/c1-22-6-7-26(18-30(22)34-31(38)27-14-17-37(21-27)29-4-3-5-29)32(39)36-15-12-25(13-16-36)23-8-10-24(11-9-23)28-19-33-35(2)20-28/h6-11,18-20,25,27,29H,3-5,12-17,21H2,1-2H3,(H,34,38). The van der Waals surface area contributed by atoms with Crippen LogP contribution in [0.5, 0.6) is 0 Å². The van der Waals surface area contributed by atoms with Crippen LogP contribution in [0.3, 0.4) is 0 Å². The average Bonchev–Trinajstić information content (AvgIpc) is 3.58. The molecule has 1 atom stereocenters. The lowest BCUT2D eigenvalue weighted by molar-refractivity contribution is -0.119. The van der Waals surface area contributed by atoms with Crippen molar-refractivity contribution < 1.29 is 9.59 Å². The van der Waals surface area contributed by atoms with Crippen LogP contribution in [-0.4, -0.2) is 63.6 Å². The van der Waals surface area contributed by atoms with Gasteiger partial charge in [-0.25, -0.2) is 0 Å². The molecule has 1 aliphatic carbocycles. The molecule has 1 aromatic heterocycles. The molecule has 7 heteroatoms. The predicted octanol–water partition coefficient (Wildman–Crippen LogP) is 5.23. The number of rotatable bonds is 6. The number of hydrogen-bond donors (Lipinski definition) is 1. The monoisotopic (exact) mass is 525 g/mol. The third-order valence-electron chi connectivity index (χ3n) is 9.13. The third kappa shape index (κ3) is 5.50. The Hall–Kier alpha value is -3.45. The summed E-state index contributed by atoms with van der Waals surface area (Å²) in [5.74, 6) is 0.616. The first-order valence-electron chi connectivity index (χ1n) is 14.5. The maximum atomic E-state index is 13.4. The van der Waals surface area contributed by atoms with Crippen molar-refractivity contribution in [2.75, 3.05) is 31.5 Å². The van der Waals surface area contributed by atoms with Crippen LogP contribution in [-0.2, 0) is 11.8 Å². The molecule has 1 unspecified atom stereocenters. The highest BCUT2D eigenvalue weighted by Crippen LogP contribution is 2.32. The van der Waals surface area contributed by atoms with Crippen molar-refractivity contribution in [1.82, 2.24) is 19.6 Å². The number of carbonyl (C=O) groups is 2. The van der Waals surface area contributed by atoms with E-state index in [1.165, 1.54) is 30.4 Å². The van der Waals surface area contributed by atoms with Gasteiger partial charge < -0.3 is 10.2 Å². The lowest BCUT2D eigenvalue weighted by Gasteiger charge is -2.34. The Balaban J connectivity index is 1.05. The van der Waals surface area contributed by atoms with Crippen LogP contribution in [0.15, 0.2) is 54.9 Å². The first-order valence-corrected chi connectivity index (χ1v) is 14.5. The summed E-state index contributed by atoms with van der Waals surface area (Å²) < 4.78 is 1.82. The maximum Gasteiger partial charge on any atom is 0.253 e. The first-order chi connectivity index (χ1) is 18.9. The molecular formula is C32H39N5O2. The summed E-state index contributed by atoms with van der Waals surface area (Å²) in [6.07, 6.45) is 10.6. The smallest absolute Gasteiger partial charge is 0.253 e. The quantitative estimate of drug-likeness (QED) is 0.479. The fourth-order valence-corrected chi connectivity index (χ4v) is 6.33. The Morgan fingerprint density at radius 1 is 0.923 bits per heavy atom. The van der Waals surface area contributed by atoms with E-state index in [4.69, 9.17) is 0 Å². The molecule has 3 aromatic rings. The molecule has 3 heterocycles. The molecule has 2 aliphatic heterocycles. The van der Waals surface area contributed by atoms with Crippen molar-refractivity contribution in [1.29, 1.82) is 0 Å². The zero-order valence-corrected chi connectivity index (χ0v) is 23.1. The first kappa shape index (κ1) is 25.8. The van der Waals surface area contributed by atoms with Crippen molar-refractivity contribution in [3.63, 3.8) is 0 Å². The number of nitrogens with one attached hydrogen (secondary N) is 1. The fraction of sp³-hybridized carbons (Fsp3) is 0.469. The Labute approximate surface area is 231 Å². The highest BCUT2D eigenvalue weighted by atomic mass is 16.2. The van der Waals surface area contributed by atoms with Crippen LogP contribution >= 0.6 is 0 Å². The van der Waals surface area contributed by atoms with Gasteiger partial charge in [0, 0.05) is 55.7 Å². The number of likely N-dealkylation sites (tertiary alicyclic amines) is 2. The number of piperidine rings is 1. The zero-order valence-electron chi connectivity index (χ0n) is 23.1. The Morgan fingerprint density at radius 3 is 2.36 bits per heavy atom. The summed E-state index contributed by atoms with van der Waals surface area (Å²) >= 11 is 0. The highest BCUT2D eigenvalue weighted by molar-refractivity contribution is 5.98. The number of aryl methyl sites for hydroxylation is 2. The molecule has 0 bridgehead atoms. The van der Waals surface area contributed by atoms with Gasteiger partial charge in [0.2, 0.25) is 5.91 Å². The van der Waals surface area contributed by atoms with Crippen molar-refractivity contribution in [3.8, 4) is 11.1 Å². The van der Waals surface area contributed by atoms with Crippen molar-refractivity contribution in [2.24, 2.45) is 13.0 Å². The summed E-state index contributed by atoms with van der Waals surface area (Å²) in [7, 11) is 1.93. The van der Waals surface area contributed by atoms with Crippen LogP contribution < -0.4 is 5.32 Å². The number of nitrogens with zero attached hydrogens (tertiary/aromatic N) is 4. The van der Waals surface area contributed by atoms with E-state index >= 15 is 0 Å². The summed E-state index contributed by atoms with van der Waals surface area (Å²) in [5, 5.41) is 7.42. The fourth-order valence-electron chi connectivity index (χ4n) is 6.33. The Morgan fingerprint density at radius 2 is 1.69 bits per heavy atom. The molecule has 6 rings (SSSR count). The molecular weight excluding hydrogens is 486 g/mol. The van der Waals surface area contributed by atoms with Crippen LogP contribution in [0.1, 0.15) is 65.9 Å². The van der Waals surface area contributed by atoms with Gasteiger partial charge in [-0.15, -0.1) is 0 Å². The van der Waals surface area contributed by atoms with E-state index < -0.39 is 0 Å². The van der Waals surface area contributed by atoms with E-state index in [9.17, 15) is 9.59 Å². The van der Waals surface area contributed by atoms with E-state index in [1.54, 1.807) is 0 Å². The normalized spacial score (nSPS) is 20.7. The van der Waals surface area contributed by atoms with E-state index in [1.807, 2.05) is 54.1 Å². The van der Waals surface area contributed by atoms with Gasteiger partial charge in [-0.05, 0) is 80.3 Å². The molecule has 7 nitrogen and oxygen atoms in total. The molecule has 3 aliphatic rings. The highest BCUT2D eigenvalue weighted by Gasteiger charge is 2.34. The van der Waals surface area contributed by atoms with Crippen LogP contribution in [0.4, 0.5) is 5.69 Å². The summed E-state index contributed by atoms with van der Waals surface area (Å²) in [5.41, 5.74) is 6.02. The maximum absolute atomic E-state index is 13.4. The van der Waals surface area contributed by atoms with Crippen molar-refractivity contribution in [2.45, 2.75) is 57.4 Å². The number of anilines is 1. The second-order valence-electron chi connectivity index (χ2n) is 11.7. The largest absolute Gasteiger partial charge is 0.339 e. The number of amides is 2. The lowest BCUT2D eigenvalue weighted by Crippen LogP contribution is -2.39. The van der Waals surface area contributed by atoms with Gasteiger partial charge in [0.15, 0.2) is 0 Å². The van der Waals surface area contributed by atoms with Crippen LogP contribution in [0.2, 0.25) is 0 Å². The molecule has 1 saturated carbocycles. The van der Waals surface area contributed by atoms with Gasteiger partial charge in [0.25, 0.3) is 5.91 Å². The molecule has 0 spiro atoms. The Kier molecular flexibility index (Phi) is 7.26. The van der Waals surface area contributed by atoms with E-state index in [2.05, 4.69) is 39.6 Å². The van der Waals surface area contributed by atoms with E-state index in [0.717, 1.165) is 62.3 Å². The summed E-state index contributed by atoms with van der Waals surface area (Å²) in [4.78, 5) is 30.9. The van der Waals surface area contributed by atoms with Gasteiger partial charge in [-0.2, -0.15) is 5.10 Å². The number of aromatic nitrogens is 2. The van der Waals surface area contributed by atoms with Crippen LogP contribution in [0, 0.1) is 12.8 Å². The minimum Gasteiger partial charge on any atom is -0.339 e. The van der Waals surface area contributed by atoms with Gasteiger partial charge >= 0.3 is 0 Å². The third-order valence-corrected chi connectivity index (χ3v) is 9.13. The minimum atomic E-state index is 0.0295. The lowest BCUT2D eigenvalue weighted by atomic mass is 9.88. The molecule has 2 aromatic carbocycles. The second kappa shape index (κ2) is 11.0. The molecule has 1 N–H and O–H groups in total. The van der Waals surface area contributed by atoms with E-state index in [0.29, 0.717) is 17.5 Å². The number of benzene rings is 2. The number of carbonyl (C=O) groups excluding carboxylic acids is 2. The van der Waals surface area contributed by atoms with Gasteiger partial charge in [-0.3, -0.25) is 19.2 Å². The predicted molar refractivity (Wildman–Crippen MR) is 154 cm³/mol. The molecule has 204 valence electrons. The summed E-state index contributed by atoms with van der Waals surface area (Å²) in [6.45, 7) is 5.34. The van der Waals surface area contributed by atoms with Gasteiger partial charge in [-0.1, -0.05) is 36.8 Å². The van der Waals surface area contributed by atoms with Crippen molar-refractivity contribution >= 4 is 17.5 Å². The molecule has 0 radical (unpaired) electrons.